The SMILES string of the molecule is Cn1nccc1CNc1ccc(Cl)cc1C(O)c1ccccc1. The van der Waals surface area contributed by atoms with Crippen LogP contribution in [-0.2, 0) is 13.6 Å². The summed E-state index contributed by atoms with van der Waals surface area (Å²) in [5.41, 5.74) is 3.50. The third kappa shape index (κ3) is 3.55. The Morgan fingerprint density at radius 1 is 1.17 bits per heavy atom. The van der Waals surface area contributed by atoms with Gasteiger partial charge >= 0.3 is 0 Å². The van der Waals surface area contributed by atoms with Gasteiger partial charge in [0.05, 0.1) is 12.2 Å². The molecule has 0 saturated carbocycles. The fraction of sp³-hybridized carbons (Fsp3) is 0.167. The minimum Gasteiger partial charge on any atom is -0.384 e. The van der Waals surface area contributed by atoms with Crippen LogP contribution in [-0.4, -0.2) is 14.9 Å². The molecule has 4 nitrogen and oxygen atoms in total. The molecule has 3 aromatic rings. The molecule has 0 aliphatic carbocycles. The zero-order valence-corrected chi connectivity index (χ0v) is 13.5. The van der Waals surface area contributed by atoms with Crippen molar-refractivity contribution < 1.29 is 5.11 Å². The molecule has 0 amide bonds. The first kappa shape index (κ1) is 15.6. The molecule has 1 aromatic heterocycles. The van der Waals surface area contributed by atoms with Crippen molar-refractivity contribution in [1.29, 1.82) is 0 Å². The largest absolute Gasteiger partial charge is 0.384 e. The molecule has 1 unspecified atom stereocenters. The lowest BCUT2D eigenvalue weighted by Gasteiger charge is -2.18. The predicted octanol–water partition coefficient (Wildman–Crippen LogP) is 3.77. The van der Waals surface area contributed by atoms with Crippen LogP contribution in [0.15, 0.2) is 60.8 Å². The number of benzene rings is 2. The summed E-state index contributed by atoms with van der Waals surface area (Å²) in [5, 5.41) is 18.8. The average Bonchev–Trinajstić information content (AvgIpc) is 2.99. The zero-order chi connectivity index (χ0) is 16.2. The first-order valence-electron chi connectivity index (χ1n) is 7.38. The Bertz CT molecular complexity index is 786. The molecule has 2 aromatic carbocycles. The second kappa shape index (κ2) is 6.86. The summed E-state index contributed by atoms with van der Waals surface area (Å²) < 4.78 is 1.82. The standard InChI is InChI=1S/C18H18ClN3O/c1-22-15(9-10-21-22)12-20-17-8-7-14(19)11-16(17)18(23)13-5-3-2-4-6-13/h2-11,18,20,23H,12H2,1H3. The van der Waals surface area contributed by atoms with E-state index in [0.29, 0.717) is 11.6 Å². The van der Waals surface area contributed by atoms with Crippen molar-refractivity contribution in [2.75, 3.05) is 5.32 Å². The van der Waals surface area contributed by atoms with Crippen LogP contribution in [0.5, 0.6) is 0 Å². The number of aliphatic hydroxyl groups is 1. The minimum atomic E-state index is -0.732. The number of aromatic nitrogens is 2. The number of aryl methyl sites for hydroxylation is 1. The number of halogens is 1. The van der Waals surface area contributed by atoms with Crippen LogP contribution in [0.25, 0.3) is 0 Å². The van der Waals surface area contributed by atoms with Crippen LogP contribution in [0.4, 0.5) is 5.69 Å². The number of aliphatic hydroxyl groups excluding tert-OH is 1. The molecule has 0 radical (unpaired) electrons. The Morgan fingerprint density at radius 3 is 2.65 bits per heavy atom. The molecule has 0 aliphatic rings. The van der Waals surface area contributed by atoms with Gasteiger partial charge in [-0.05, 0) is 29.8 Å². The normalized spacial score (nSPS) is 12.1. The third-order valence-electron chi connectivity index (χ3n) is 3.81. The fourth-order valence-electron chi connectivity index (χ4n) is 2.50. The van der Waals surface area contributed by atoms with E-state index in [1.54, 1.807) is 12.3 Å². The van der Waals surface area contributed by atoms with Gasteiger partial charge in [-0.1, -0.05) is 41.9 Å². The van der Waals surface area contributed by atoms with Crippen LogP contribution >= 0.6 is 11.6 Å². The molecule has 0 fully saturated rings. The van der Waals surface area contributed by atoms with E-state index in [2.05, 4.69) is 10.4 Å². The molecule has 0 saturated heterocycles. The molecule has 118 valence electrons. The molecular weight excluding hydrogens is 310 g/mol. The summed E-state index contributed by atoms with van der Waals surface area (Å²) in [6.45, 7) is 0.618. The van der Waals surface area contributed by atoms with E-state index in [9.17, 15) is 5.11 Å². The maximum absolute atomic E-state index is 10.7. The Kier molecular flexibility index (Phi) is 4.65. The van der Waals surface area contributed by atoms with Crippen molar-refractivity contribution in [3.63, 3.8) is 0 Å². The van der Waals surface area contributed by atoms with Gasteiger partial charge < -0.3 is 10.4 Å². The summed E-state index contributed by atoms with van der Waals surface area (Å²) in [6.07, 6.45) is 1.03. The van der Waals surface area contributed by atoms with Crippen molar-refractivity contribution in [3.8, 4) is 0 Å². The highest BCUT2D eigenvalue weighted by molar-refractivity contribution is 6.30. The van der Waals surface area contributed by atoms with Crippen molar-refractivity contribution >= 4 is 17.3 Å². The van der Waals surface area contributed by atoms with Gasteiger partial charge in [0.25, 0.3) is 0 Å². The van der Waals surface area contributed by atoms with Crippen LogP contribution in [0.3, 0.4) is 0 Å². The summed E-state index contributed by atoms with van der Waals surface area (Å²) in [5.74, 6) is 0. The van der Waals surface area contributed by atoms with Crippen LogP contribution in [0, 0.1) is 0 Å². The average molecular weight is 328 g/mol. The van der Waals surface area contributed by atoms with E-state index in [0.717, 1.165) is 22.5 Å². The Balaban J connectivity index is 1.87. The van der Waals surface area contributed by atoms with Gasteiger partial charge in [0.2, 0.25) is 0 Å². The molecule has 5 heteroatoms. The molecule has 2 N–H and O–H groups in total. The first-order valence-corrected chi connectivity index (χ1v) is 7.76. The zero-order valence-electron chi connectivity index (χ0n) is 12.8. The molecule has 0 bridgehead atoms. The maximum atomic E-state index is 10.7. The predicted molar refractivity (Wildman–Crippen MR) is 92.5 cm³/mol. The number of nitrogens with one attached hydrogen (secondary N) is 1. The van der Waals surface area contributed by atoms with E-state index in [4.69, 9.17) is 11.6 Å². The maximum Gasteiger partial charge on any atom is 0.106 e. The molecule has 1 atom stereocenters. The van der Waals surface area contributed by atoms with Gasteiger partial charge in [-0.15, -0.1) is 0 Å². The topological polar surface area (TPSA) is 50.1 Å². The lowest BCUT2D eigenvalue weighted by atomic mass is 10.00. The van der Waals surface area contributed by atoms with Crippen LogP contribution in [0.1, 0.15) is 22.9 Å². The molecule has 0 spiro atoms. The summed E-state index contributed by atoms with van der Waals surface area (Å²) >= 11 is 6.12. The molecule has 23 heavy (non-hydrogen) atoms. The van der Waals surface area contributed by atoms with Crippen molar-refractivity contribution in [2.24, 2.45) is 7.05 Å². The van der Waals surface area contributed by atoms with Crippen LogP contribution < -0.4 is 5.32 Å². The highest BCUT2D eigenvalue weighted by atomic mass is 35.5. The Morgan fingerprint density at radius 2 is 1.96 bits per heavy atom. The highest BCUT2D eigenvalue weighted by Gasteiger charge is 2.15. The first-order chi connectivity index (χ1) is 11.1. The highest BCUT2D eigenvalue weighted by Crippen LogP contribution is 2.31. The summed E-state index contributed by atoms with van der Waals surface area (Å²) in [6, 6.07) is 17.0. The number of hydrogen-bond acceptors (Lipinski definition) is 3. The third-order valence-corrected chi connectivity index (χ3v) is 4.04. The van der Waals surface area contributed by atoms with E-state index in [1.165, 1.54) is 0 Å². The lowest BCUT2D eigenvalue weighted by molar-refractivity contribution is 0.221. The van der Waals surface area contributed by atoms with Gasteiger partial charge in [0, 0.05) is 29.5 Å². The Hall–Kier alpha value is -2.30. The molecule has 3 rings (SSSR count). The van der Waals surface area contributed by atoms with Crippen molar-refractivity contribution in [2.45, 2.75) is 12.6 Å². The van der Waals surface area contributed by atoms with E-state index in [-0.39, 0.29) is 0 Å². The monoisotopic (exact) mass is 327 g/mol. The van der Waals surface area contributed by atoms with Crippen LogP contribution in [0.2, 0.25) is 5.02 Å². The number of rotatable bonds is 5. The van der Waals surface area contributed by atoms with Gasteiger partial charge in [-0.3, -0.25) is 4.68 Å². The second-order valence-corrected chi connectivity index (χ2v) is 5.78. The number of hydrogen-bond donors (Lipinski definition) is 2. The van der Waals surface area contributed by atoms with E-state index >= 15 is 0 Å². The Labute approximate surface area is 140 Å². The number of nitrogens with zero attached hydrogens (tertiary/aromatic N) is 2. The van der Waals surface area contributed by atoms with Gasteiger partial charge in [-0.25, -0.2) is 0 Å². The fourth-order valence-corrected chi connectivity index (χ4v) is 2.68. The smallest absolute Gasteiger partial charge is 0.106 e. The van der Waals surface area contributed by atoms with E-state index in [1.807, 2.05) is 60.3 Å². The van der Waals surface area contributed by atoms with Gasteiger partial charge in [0.15, 0.2) is 0 Å². The quantitative estimate of drug-likeness (QED) is 0.750. The van der Waals surface area contributed by atoms with E-state index < -0.39 is 6.10 Å². The summed E-state index contributed by atoms with van der Waals surface area (Å²) in [4.78, 5) is 0. The molecule has 1 heterocycles. The lowest BCUT2D eigenvalue weighted by Crippen LogP contribution is -2.09. The molecule has 0 aliphatic heterocycles. The second-order valence-electron chi connectivity index (χ2n) is 5.34. The van der Waals surface area contributed by atoms with Crippen molar-refractivity contribution in [3.05, 3.63) is 82.6 Å². The van der Waals surface area contributed by atoms with Gasteiger partial charge in [0.1, 0.15) is 6.10 Å². The van der Waals surface area contributed by atoms with Gasteiger partial charge in [-0.2, -0.15) is 5.10 Å². The minimum absolute atomic E-state index is 0.598. The van der Waals surface area contributed by atoms with Crippen molar-refractivity contribution in [1.82, 2.24) is 9.78 Å². The summed E-state index contributed by atoms with van der Waals surface area (Å²) in [7, 11) is 1.90. The number of anilines is 1. The molecular formula is C18H18ClN3O.